The van der Waals surface area contributed by atoms with Crippen LogP contribution in [0.4, 0.5) is 17.3 Å². The van der Waals surface area contributed by atoms with Gasteiger partial charge in [0.25, 0.3) is 5.91 Å². The maximum Gasteiger partial charge on any atom is 0.343 e. The summed E-state index contributed by atoms with van der Waals surface area (Å²) in [5.41, 5.74) is 1.74. The number of benzene rings is 1. The normalized spacial score (nSPS) is 15.7. The number of amides is 1. The molecule has 0 radical (unpaired) electrons. The van der Waals surface area contributed by atoms with Gasteiger partial charge in [-0.1, -0.05) is 0 Å². The quantitative estimate of drug-likeness (QED) is 0.309. The van der Waals surface area contributed by atoms with E-state index in [0.29, 0.717) is 17.2 Å². The monoisotopic (exact) mass is 496 g/mol. The Balaban J connectivity index is 1.57. The van der Waals surface area contributed by atoms with Crippen molar-refractivity contribution >= 4 is 73.1 Å². The molecule has 1 atom stereocenters. The summed E-state index contributed by atoms with van der Waals surface area (Å²) in [6.07, 6.45) is 1.32. The van der Waals surface area contributed by atoms with Crippen LogP contribution in [0.15, 0.2) is 30.5 Å². The van der Waals surface area contributed by atoms with Gasteiger partial charge in [-0.2, -0.15) is 4.98 Å². The van der Waals surface area contributed by atoms with Gasteiger partial charge < -0.3 is 20.3 Å². The van der Waals surface area contributed by atoms with Gasteiger partial charge >= 0.3 is 5.97 Å². The fraction of sp³-hybridized carbons (Fsp3) is 0.261. The van der Waals surface area contributed by atoms with Gasteiger partial charge in [0.1, 0.15) is 16.3 Å². The van der Waals surface area contributed by atoms with Gasteiger partial charge in [-0.25, -0.2) is 14.8 Å². The highest BCUT2D eigenvalue weighted by Crippen LogP contribution is 2.42. The smallest absolute Gasteiger partial charge is 0.343 e. The summed E-state index contributed by atoms with van der Waals surface area (Å²) < 4.78 is 6.09. The highest BCUT2D eigenvalue weighted by molar-refractivity contribution is 7.21. The third-order valence-electron chi connectivity index (χ3n) is 5.77. The summed E-state index contributed by atoms with van der Waals surface area (Å²) in [5, 5.41) is 8.41. The molecule has 5 rings (SSSR count). The lowest BCUT2D eigenvalue weighted by molar-refractivity contribution is 0.0526. The number of likely N-dealkylation sites (N-methyl/N-ethyl adjacent to an activating group) is 1. The first-order valence-corrected chi connectivity index (χ1v) is 11.9. The molecule has 1 amide bonds. The van der Waals surface area contributed by atoms with Crippen molar-refractivity contribution in [2.24, 2.45) is 0 Å². The van der Waals surface area contributed by atoms with Crippen molar-refractivity contribution in [2.45, 2.75) is 19.9 Å². The summed E-state index contributed by atoms with van der Waals surface area (Å²) in [6.45, 7) is 4.63. The molecule has 0 unspecified atom stereocenters. The largest absolute Gasteiger partial charge is 0.462 e. The Kier molecular flexibility index (Phi) is 5.70. The second-order valence-corrected chi connectivity index (χ2v) is 9.29. The number of nitrogens with one attached hydrogen (secondary N) is 2. The summed E-state index contributed by atoms with van der Waals surface area (Å²) in [6, 6.07) is 7.70. The van der Waals surface area contributed by atoms with Crippen LogP contribution in [0.3, 0.4) is 0 Å². The van der Waals surface area contributed by atoms with Crippen molar-refractivity contribution in [3.05, 3.63) is 46.2 Å². The molecule has 0 aliphatic carbocycles. The Bertz CT molecular complexity index is 1460. The van der Waals surface area contributed by atoms with Crippen LogP contribution in [-0.2, 0) is 4.74 Å². The van der Waals surface area contributed by atoms with Gasteiger partial charge in [0.2, 0.25) is 5.28 Å². The Labute approximate surface area is 204 Å². The van der Waals surface area contributed by atoms with Crippen LogP contribution in [0, 0.1) is 0 Å². The Hall–Kier alpha value is -3.50. The number of carbonyl (C=O) groups is 2. The predicted molar refractivity (Wildman–Crippen MR) is 133 cm³/mol. The topological polar surface area (TPSA) is 109 Å². The minimum Gasteiger partial charge on any atom is -0.462 e. The molecule has 4 heterocycles. The first-order chi connectivity index (χ1) is 16.4. The zero-order valence-electron chi connectivity index (χ0n) is 18.7. The average molecular weight is 497 g/mol. The number of fused-ring (bicyclic) bond motifs is 5. The van der Waals surface area contributed by atoms with E-state index in [0.717, 1.165) is 26.7 Å². The molecule has 174 valence electrons. The molecular formula is C23H21ClN6O3S. The number of pyridine rings is 1. The van der Waals surface area contributed by atoms with Gasteiger partial charge in [-0.3, -0.25) is 4.79 Å². The van der Waals surface area contributed by atoms with Crippen molar-refractivity contribution in [1.29, 1.82) is 0 Å². The van der Waals surface area contributed by atoms with Gasteiger partial charge in [0, 0.05) is 41.3 Å². The van der Waals surface area contributed by atoms with Gasteiger partial charge in [-0.05, 0) is 49.7 Å². The number of nitrogens with zero attached hydrogens (tertiary/aromatic N) is 4. The number of esters is 1. The van der Waals surface area contributed by atoms with E-state index in [4.69, 9.17) is 21.3 Å². The zero-order chi connectivity index (χ0) is 24.0. The molecule has 9 nitrogen and oxygen atoms in total. The number of anilines is 3. The van der Waals surface area contributed by atoms with Gasteiger partial charge in [0.05, 0.1) is 17.8 Å². The number of halogens is 1. The molecule has 0 saturated heterocycles. The lowest BCUT2D eigenvalue weighted by Gasteiger charge is -2.21. The first-order valence-electron chi connectivity index (χ1n) is 10.7. The molecule has 1 aliphatic rings. The Morgan fingerprint density at radius 3 is 2.94 bits per heavy atom. The molecule has 1 aromatic carbocycles. The maximum atomic E-state index is 13.0. The minimum atomic E-state index is -0.555. The number of thiophene rings is 1. The van der Waals surface area contributed by atoms with Crippen molar-refractivity contribution in [2.75, 3.05) is 30.8 Å². The van der Waals surface area contributed by atoms with E-state index >= 15 is 0 Å². The summed E-state index contributed by atoms with van der Waals surface area (Å²) in [4.78, 5) is 40.5. The van der Waals surface area contributed by atoms with Crippen molar-refractivity contribution < 1.29 is 14.3 Å². The van der Waals surface area contributed by atoms with Crippen LogP contribution in [-0.4, -0.2) is 58.0 Å². The van der Waals surface area contributed by atoms with Crippen LogP contribution in [0.2, 0.25) is 5.28 Å². The standard InChI is InChI=1S/C23H21ClN6O3S/c1-4-33-22(32)13-10-26-23(24)29-20(13)28-16-8-5-12-14(27-16)6-7-15-17(12)18-19(34-15)21(31)30(3)11(2)9-25-18/h5-8,10-11,25H,4,9H2,1-3H3,(H,26,27,28,29)/t11-/m1/s1. The number of aromatic nitrogens is 3. The predicted octanol–water partition coefficient (Wildman–Crippen LogP) is 4.70. The average Bonchev–Trinajstić information content (AvgIpc) is 3.16. The van der Waals surface area contributed by atoms with Crippen LogP contribution in [0.5, 0.6) is 0 Å². The fourth-order valence-corrected chi connectivity index (χ4v) is 5.18. The van der Waals surface area contributed by atoms with Crippen LogP contribution in [0.1, 0.15) is 33.9 Å². The molecule has 34 heavy (non-hydrogen) atoms. The van der Waals surface area contributed by atoms with E-state index in [1.54, 1.807) is 17.9 Å². The molecule has 0 fully saturated rings. The Morgan fingerprint density at radius 1 is 1.32 bits per heavy atom. The molecule has 0 saturated carbocycles. The number of rotatable bonds is 4. The lowest BCUT2D eigenvalue weighted by Crippen LogP contribution is -2.36. The second-order valence-electron chi connectivity index (χ2n) is 7.90. The molecule has 2 N–H and O–H groups in total. The van der Waals surface area contributed by atoms with E-state index in [-0.39, 0.29) is 35.2 Å². The second kappa shape index (κ2) is 8.69. The van der Waals surface area contributed by atoms with Crippen LogP contribution in [0.25, 0.3) is 21.0 Å². The van der Waals surface area contributed by atoms with Gasteiger partial charge in [0.15, 0.2) is 5.82 Å². The molecule has 11 heteroatoms. The molecule has 0 bridgehead atoms. The lowest BCUT2D eigenvalue weighted by atomic mass is 10.1. The number of ether oxygens (including phenoxy) is 1. The third-order valence-corrected chi connectivity index (χ3v) is 7.10. The molecule has 3 aromatic heterocycles. The summed E-state index contributed by atoms with van der Waals surface area (Å²) in [7, 11) is 1.83. The first kappa shape index (κ1) is 22.3. The van der Waals surface area contributed by atoms with E-state index in [1.165, 1.54) is 17.5 Å². The highest BCUT2D eigenvalue weighted by atomic mass is 35.5. The summed E-state index contributed by atoms with van der Waals surface area (Å²) in [5.74, 6) is 0.145. The molecule has 1 aliphatic heterocycles. The SMILES string of the molecule is CCOC(=O)c1cnc(Cl)nc1Nc1ccc2c(ccc3sc4c(c32)NC[C@@H](C)N(C)C4=O)n1. The third kappa shape index (κ3) is 3.78. The molecule has 4 aromatic rings. The van der Waals surface area contributed by atoms with E-state index in [1.807, 2.05) is 32.2 Å². The number of hydrogen-bond acceptors (Lipinski definition) is 9. The fourth-order valence-electron chi connectivity index (χ4n) is 3.87. The highest BCUT2D eigenvalue weighted by Gasteiger charge is 2.28. The zero-order valence-corrected chi connectivity index (χ0v) is 20.3. The van der Waals surface area contributed by atoms with E-state index in [9.17, 15) is 9.59 Å². The van der Waals surface area contributed by atoms with Crippen molar-refractivity contribution in [3.8, 4) is 0 Å². The molecule has 0 spiro atoms. The van der Waals surface area contributed by atoms with Crippen molar-refractivity contribution in [3.63, 3.8) is 0 Å². The maximum absolute atomic E-state index is 13.0. The summed E-state index contributed by atoms with van der Waals surface area (Å²) >= 11 is 7.43. The van der Waals surface area contributed by atoms with E-state index < -0.39 is 5.97 Å². The van der Waals surface area contributed by atoms with Crippen molar-refractivity contribution in [1.82, 2.24) is 19.9 Å². The number of carbonyl (C=O) groups excluding carboxylic acids is 2. The molecular weight excluding hydrogens is 476 g/mol. The Morgan fingerprint density at radius 2 is 2.15 bits per heavy atom. The minimum absolute atomic E-state index is 0.00560. The van der Waals surface area contributed by atoms with Gasteiger partial charge in [-0.15, -0.1) is 11.3 Å². The van der Waals surface area contributed by atoms with E-state index in [2.05, 4.69) is 20.6 Å². The van der Waals surface area contributed by atoms with Crippen LogP contribution < -0.4 is 10.6 Å². The number of hydrogen-bond donors (Lipinski definition) is 2. The van der Waals surface area contributed by atoms with Crippen LogP contribution >= 0.6 is 22.9 Å².